The predicted octanol–water partition coefficient (Wildman–Crippen LogP) is 3.67. The van der Waals surface area contributed by atoms with Gasteiger partial charge in [-0.25, -0.2) is 4.98 Å². The van der Waals surface area contributed by atoms with E-state index in [0.717, 1.165) is 19.6 Å². The van der Waals surface area contributed by atoms with Crippen LogP contribution in [-0.4, -0.2) is 57.2 Å². The number of carbonyl (C=O) groups is 1. The second-order valence-corrected chi connectivity index (χ2v) is 9.07. The van der Waals surface area contributed by atoms with E-state index in [0.29, 0.717) is 40.7 Å². The molecule has 1 fully saturated rings. The van der Waals surface area contributed by atoms with Crippen LogP contribution >= 0.6 is 23.4 Å². The monoisotopic (exact) mass is 468 g/mol. The third-order valence-electron chi connectivity index (χ3n) is 5.49. The molecule has 32 heavy (non-hydrogen) atoms. The number of carbonyl (C=O) groups excluding carboxylic acids is 1. The maximum atomic E-state index is 12.9. The van der Waals surface area contributed by atoms with Crippen molar-refractivity contribution in [1.29, 1.82) is 0 Å². The van der Waals surface area contributed by atoms with Gasteiger partial charge in [0.25, 0.3) is 5.56 Å². The Morgan fingerprint density at radius 3 is 2.59 bits per heavy atom. The zero-order valence-electron chi connectivity index (χ0n) is 17.7. The molecule has 4 rings (SSSR count). The number of hydrogen-bond acceptors (Lipinski definition) is 5. The van der Waals surface area contributed by atoms with Crippen LogP contribution in [0.15, 0.2) is 71.1 Å². The van der Waals surface area contributed by atoms with Gasteiger partial charge in [-0.05, 0) is 23.8 Å². The number of allylic oxidation sites excluding steroid dienone is 1. The van der Waals surface area contributed by atoms with Crippen LogP contribution in [0.25, 0.3) is 10.9 Å². The van der Waals surface area contributed by atoms with E-state index in [1.165, 1.54) is 17.3 Å². The summed E-state index contributed by atoms with van der Waals surface area (Å²) in [5.41, 5.74) is 1.66. The molecule has 0 N–H and O–H groups in total. The van der Waals surface area contributed by atoms with Crippen molar-refractivity contribution in [2.45, 2.75) is 18.2 Å². The van der Waals surface area contributed by atoms with Crippen molar-refractivity contribution in [3.63, 3.8) is 0 Å². The highest BCUT2D eigenvalue weighted by Gasteiger charge is 2.22. The molecule has 0 radical (unpaired) electrons. The fourth-order valence-electron chi connectivity index (χ4n) is 3.79. The van der Waals surface area contributed by atoms with Gasteiger partial charge in [-0.3, -0.25) is 19.1 Å². The minimum absolute atomic E-state index is 0.0555. The molecular formula is C24H25ClN4O2S. The van der Waals surface area contributed by atoms with Gasteiger partial charge in [0, 0.05) is 44.3 Å². The molecule has 1 aliphatic rings. The lowest BCUT2D eigenvalue weighted by atomic mass is 10.2. The third-order valence-corrected chi connectivity index (χ3v) is 6.69. The molecule has 8 heteroatoms. The van der Waals surface area contributed by atoms with Crippen LogP contribution in [0.5, 0.6) is 0 Å². The molecule has 1 aromatic heterocycles. The Kier molecular flexibility index (Phi) is 7.29. The first-order valence-corrected chi connectivity index (χ1v) is 11.9. The summed E-state index contributed by atoms with van der Waals surface area (Å²) in [6.07, 6.45) is 1.66. The van der Waals surface area contributed by atoms with E-state index >= 15 is 0 Å². The summed E-state index contributed by atoms with van der Waals surface area (Å²) in [5.74, 6) is 0.286. The quantitative estimate of drug-likeness (QED) is 0.301. The molecule has 1 aliphatic heterocycles. The van der Waals surface area contributed by atoms with Gasteiger partial charge in [-0.2, -0.15) is 0 Å². The molecule has 3 aromatic rings. The highest BCUT2D eigenvalue weighted by Crippen LogP contribution is 2.21. The molecule has 0 aliphatic carbocycles. The summed E-state index contributed by atoms with van der Waals surface area (Å²) in [4.78, 5) is 34.6. The lowest BCUT2D eigenvalue weighted by Crippen LogP contribution is -2.48. The smallest absolute Gasteiger partial charge is 0.262 e. The predicted molar refractivity (Wildman–Crippen MR) is 130 cm³/mol. The SMILES string of the molecule is C=CCn1c(SCC(=O)N2CCN(Cc3ccccc3)CC2)nc2cc(Cl)ccc2c1=O. The van der Waals surface area contributed by atoms with Gasteiger partial charge < -0.3 is 4.90 Å². The third kappa shape index (κ3) is 5.23. The zero-order valence-corrected chi connectivity index (χ0v) is 19.3. The number of piperazine rings is 1. The minimum atomic E-state index is -0.156. The fraction of sp³-hybridized carbons (Fsp3) is 0.292. The number of rotatable bonds is 7. The van der Waals surface area contributed by atoms with Crippen molar-refractivity contribution in [2.75, 3.05) is 31.9 Å². The van der Waals surface area contributed by atoms with E-state index < -0.39 is 0 Å². The lowest BCUT2D eigenvalue weighted by Gasteiger charge is -2.34. The number of nitrogens with zero attached hydrogens (tertiary/aromatic N) is 4. The Balaban J connectivity index is 1.40. The number of fused-ring (bicyclic) bond motifs is 1. The first kappa shape index (κ1) is 22.6. The van der Waals surface area contributed by atoms with Crippen molar-refractivity contribution in [1.82, 2.24) is 19.4 Å². The topological polar surface area (TPSA) is 58.4 Å². The highest BCUT2D eigenvalue weighted by atomic mass is 35.5. The summed E-state index contributed by atoms with van der Waals surface area (Å²) in [7, 11) is 0. The Labute approximate surface area is 196 Å². The number of aromatic nitrogens is 2. The van der Waals surface area contributed by atoms with Crippen LogP contribution in [0.4, 0.5) is 0 Å². The van der Waals surface area contributed by atoms with Crippen LogP contribution in [-0.2, 0) is 17.9 Å². The van der Waals surface area contributed by atoms with Crippen molar-refractivity contribution in [3.05, 3.63) is 82.1 Å². The molecule has 166 valence electrons. The normalized spacial score (nSPS) is 14.6. The average molecular weight is 469 g/mol. The van der Waals surface area contributed by atoms with E-state index in [1.54, 1.807) is 28.8 Å². The van der Waals surface area contributed by atoms with Crippen LogP contribution in [0, 0.1) is 0 Å². The molecule has 2 heterocycles. The lowest BCUT2D eigenvalue weighted by molar-refractivity contribution is -0.130. The fourth-order valence-corrected chi connectivity index (χ4v) is 4.87. The van der Waals surface area contributed by atoms with Gasteiger partial charge in [-0.15, -0.1) is 6.58 Å². The molecule has 2 aromatic carbocycles. The molecule has 1 amide bonds. The maximum absolute atomic E-state index is 12.9. The molecule has 0 bridgehead atoms. The molecule has 0 saturated carbocycles. The summed E-state index contributed by atoms with van der Waals surface area (Å²) < 4.78 is 1.55. The maximum Gasteiger partial charge on any atom is 0.262 e. The summed E-state index contributed by atoms with van der Waals surface area (Å²) in [5, 5.41) is 1.52. The minimum Gasteiger partial charge on any atom is -0.339 e. The van der Waals surface area contributed by atoms with Crippen LogP contribution in [0.1, 0.15) is 5.56 Å². The van der Waals surface area contributed by atoms with E-state index in [-0.39, 0.29) is 17.2 Å². The summed E-state index contributed by atoms with van der Waals surface area (Å²) in [6.45, 7) is 8.07. The Bertz CT molecular complexity index is 1170. The van der Waals surface area contributed by atoms with Gasteiger partial charge in [0.05, 0.1) is 16.7 Å². The van der Waals surface area contributed by atoms with Crippen molar-refractivity contribution >= 4 is 40.2 Å². The van der Waals surface area contributed by atoms with E-state index in [9.17, 15) is 9.59 Å². The van der Waals surface area contributed by atoms with Crippen molar-refractivity contribution < 1.29 is 4.79 Å². The largest absolute Gasteiger partial charge is 0.339 e. The van der Waals surface area contributed by atoms with Crippen molar-refractivity contribution in [2.24, 2.45) is 0 Å². The second-order valence-electron chi connectivity index (χ2n) is 7.69. The Morgan fingerprint density at radius 2 is 1.88 bits per heavy atom. The molecular weight excluding hydrogens is 444 g/mol. The van der Waals surface area contributed by atoms with Crippen LogP contribution < -0.4 is 5.56 Å². The van der Waals surface area contributed by atoms with Gasteiger partial charge in [-0.1, -0.05) is 59.8 Å². The van der Waals surface area contributed by atoms with E-state index in [1.807, 2.05) is 23.1 Å². The molecule has 0 unspecified atom stereocenters. The standard InChI is InChI=1S/C24H25ClN4O2S/c1-2-10-29-23(31)20-9-8-19(25)15-21(20)26-24(29)32-17-22(30)28-13-11-27(12-14-28)16-18-6-4-3-5-7-18/h2-9,15H,1,10-14,16-17H2. The number of hydrogen-bond donors (Lipinski definition) is 0. The highest BCUT2D eigenvalue weighted by molar-refractivity contribution is 7.99. The van der Waals surface area contributed by atoms with Crippen LogP contribution in [0.3, 0.4) is 0 Å². The van der Waals surface area contributed by atoms with E-state index in [4.69, 9.17) is 11.6 Å². The summed E-state index contributed by atoms with van der Waals surface area (Å²) in [6, 6.07) is 15.4. The number of benzene rings is 2. The van der Waals surface area contributed by atoms with Gasteiger partial charge in [0.2, 0.25) is 5.91 Å². The van der Waals surface area contributed by atoms with E-state index in [2.05, 4.69) is 28.6 Å². The molecule has 0 spiro atoms. The van der Waals surface area contributed by atoms with Crippen molar-refractivity contribution in [3.8, 4) is 0 Å². The Morgan fingerprint density at radius 1 is 1.12 bits per heavy atom. The zero-order chi connectivity index (χ0) is 22.5. The Hall–Kier alpha value is -2.61. The van der Waals surface area contributed by atoms with Gasteiger partial charge in [0.1, 0.15) is 0 Å². The second kappa shape index (κ2) is 10.3. The molecule has 6 nitrogen and oxygen atoms in total. The average Bonchev–Trinajstić information content (AvgIpc) is 2.80. The van der Waals surface area contributed by atoms with Gasteiger partial charge in [0.15, 0.2) is 5.16 Å². The number of thioether (sulfide) groups is 1. The van der Waals surface area contributed by atoms with Crippen LogP contribution in [0.2, 0.25) is 5.02 Å². The molecule has 1 saturated heterocycles. The summed E-state index contributed by atoms with van der Waals surface area (Å²) >= 11 is 7.36. The first-order valence-electron chi connectivity index (χ1n) is 10.5. The van der Waals surface area contributed by atoms with Gasteiger partial charge >= 0.3 is 0 Å². The molecule has 0 atom stereocenters. The first-order chi connectivity index (χ1) is 15.5. The number of halogens is 1. The number of amides is 1.